The Morgan fingerprint density at radius 2 is 1.71 bits per heavy atom. The summed E-state index contributed by atoms with van der Waals surface area (Å²) in [5, 5.41) is 4.41. The van der Waals surface area contributed by atoms with E-state index < -0.39 is 29.8 Å². The van der Waals surface area contributed by atoms with Gasteiger partial charge in [-0.05, 0) is 43.2 Å². The van der Waals surface area contributed by atoms with E-state index >= 15 is 0 Å². The monoisotopic (exact) mass is 444 g/mol. The number of ether oxygens (including phenoxy) is 1. The lowest BCUT2D eigenvalue weighted by molar-refractivity contribution is -0.137. The zero-order chi connectivity index (χ0) is 22.8. The van der Waals surface area contributed by atoms with Gasteiger partial charge in [-0.15, -0.1) is 0 Å². The number of methoxy groups -OCH3 is 1. The zero-order valence-electron chi connectivity index (χ0n) is 16.3. The Kier molecular flexibility index (Phi) is 6.28. The highest BCUT2D eigenvalue weighted by molar-refractivity contribution is 5.83. The lowest BCUT2D eigenvalue weighted by atomic mass is 10.0. The number of hydrogen-bond donors (Lipinski definition) is 0. The van der Waals surface area contributed by atoms with E-state index in [0.717, 1.165) is 18.2 Å². The number of alkyl halides is 6. The fourth-order valence-corrected chi connectivity index (χ4v) is 3.24. The van der Waals surface area contributed by atoms with Crippen LogP contribution < -0.4 is 10.2 Å². The van der Waals surface area contributed by atoms with Gasteiger partial charge in [-0.1, -0.05) is 12.1 Å². The number of nitrogens with zero attached hydrogens (tertiary/aromatic N) is 2. The van der Waals surface area contributed by atoms with Crippen LogP contribution in [0.2, 0.25) is 0 Å². The van der Waals surface area contributed by atoms with E-state index in [4.69, 9.17) is 4.74 Å². The fourth-order valence-electron chi connectivity index (χ4n) is 3.24. The molecular formula is C21H18F6N2O2. The van der Waals surface area contributed by atoms with E-state index in [2.05, 4.69) is 5.10 Å². The van der Waals surface area contributed by atoms with E-state index in [1.54, 1.807) is 18.2 Å². The Labute approximate surface area is 173 Å². The van der Waals surface area contributed by atoms with Crippen molar-refractivity contribution < 1.29 is 31.1 Å². The van der Waals surface area contributed by atoms with Crippen molar-refractivity contribution in [1.29, 1.82) is 0 Å². The van der Waals surface area contributed by atoms with Crippen LogP contribution >= 0.6 is 0 Å². The molecular weight excluding hydrogens is 426 g/mol. The van der Waals surface area contributed by atoms with E-state index in [-0.39, 0.29) is 41.8 Å². The number of rotatable bonds is 6. The highest BCUT2D eigenvalue weighted by Gasteiger charge is 2.32. The number of para-hydroxylation sites is 1. The van der Waals surface area contributed by atoms with Gasteiger partial charge in [0.15, 0.2) is 0 Å². The lowest BCUT2D eigenvalue weighted by Crippen LogP contribution is -2.18. The SMILES string of the molecule is COc1ccc(C(F)(F)F)cc1-c1nn(CCCCC(F)(F)F)c2ccccc2c1=O. The number of unbranched alkanes of at least 4 members (excludes halogenated alkanes) is 1. The summed E-state index contributed by atoms with van der Waals surface area (Å²) in [6, 6.07) is 9.02. The third kappa shape index (κ3) is 5.18. The molecule has 3 rings (SSSR count). The lowest BCUT2D eigenvalue weighted by Gasteiger charge is -2.15. The third-order valence-electron chi connectivity index (χ3n) is 4.72. The first-order valence-corrected chi connectivity index (χ1v) is 9.33. The molecule has 0 atom stereocenters. The Morgan fingerprint density at radius 1 is 1.00 bits per heavy atom. The molecule has 0 radical (unpaired) electrons. The van der Waals surface area contributed by atoms with Gasteiger partial charge in [-0.3, -0.25) is 9.48 Å². The second kappa shape index (κ2) is 8.60. The molecule has 0 amide bonds. The average Bonchev–Trinajstić information content (AvgIpc) is 2.71. The predicted molar refractivity (Wildman–Crippen MR) is 103 cm³/mol. The van der Waals surface area contributed by atoms with Crippen molar-refractivity contribution in [2.24, 2.45) is 0 Å². The van der Waals surface area contributed by atoms with Crippen LogP contribution in [0.15, 0.2) is 47.3 Å². The highest BCUT2D eigenvalue weighted by Crippen LogP contribution is 2.36. The summed E-state index contributed by atoms with van der Waals surface area (Å²) in [5.41, 5.74) is -1.60. The van der Waals surface area contributed by atoms with Crippen molar-refractivity contribution in [2.45, 2.75) is 38.2 Å². The van der Waals surface area contributed by atoms with Crippen molar-refractivity contribution in [3.8, 4) is 17.0 Å². The predicted octanol–water partition coefficient (Wildman–Crippen LogP) is 5.82. The Morgan fingerprint density at radius 3 is 2.35 bits per heavy atom. The van der Waals surface area contributed by atoms with Gasteiger partial charge in [0.1, 0.15) is 11.4 Å². The quantitative estimate of drug-likeness (QED) is 0.355. The van der Waals surface area contributed by atoms with Crippen molar-refractivity contribution in [3.63, 3.8) is 0 Å². The summed E-state index contributed by atoms with van der Waals surface area (Å²) in [4.78, 5) is 13.0. The van der Waals surface area contributed by atoms with E-state index in [1.807, 2.05) is 0 Å². The molecule has 0 unspecified atom stereocenters. The Bertz CT molecular complexity index is 1140. The van der Waals surface area contributed by atoms with Crippen LogP contribution in [-0.2, 0) is 12.7 Å². The summed E-state index contributed by atoms with van der Waals surface area (Å²) >= 11 is 0. The molecule has 0 fully saturated rings. The summed E-state index contributed by atoms with van der Waals surface area (Å²) in [7, 11) is 1.25. The molecule has 166 valence electrons. The van der Waals surface area contributed by atoms with Crippen LogP contribution in [0.25, 0.3) is 22.2 Å². The Hall–Kier alpha value is -3.04. The number of halogens is 6. The molecule has 31 heavy (non-hydrogen) atoms. The van der Waals surface area contributed by atoms with Gasteiger partial charge in [0.25, 0.3) is 0 Å². The molecule has 0 aliphatic heterocycles. The van der Waals surface area contributed by atoms with E-state index in [9.17, 15) is 31.1 Å². The minimum absolute atomic E-state index is 0.0245. The molecule has 2 aromatic carbocycles. The number of aryl methyl sites for hydroxylation is 1. The van der Waals surface area contributed by atoms with Crippen LogP contribution in [0.4, 0.5) is 26.3 Å². The first-order chi connectivity index (χ1) is 14.5. The van der Waals surface area contributed by atoms with Crippen LogP contribution in [0.5, 0.6) is 5.75 Å². The molecule has 0 saturated carbocycles. The molecule has 3 aromatic rings. The van der Waals surface area contributed by atoms with Gasteiger partial charge < -0.3 is 4.74 Å². The van der Waals surface area contributed by atoms with Crippen LogP contribution in [0.3, 0.4) is 0 Å². The second-order valence-electron chi connectivity index (χ2n) is 6.90. The van der Waals surface area contributed by atoms with Gasteiger partial charge in [0.2, 0.25) is 5.43 Å². The maximum atomic E-state index is 13.2. The minimum atomic E-state index is -4.64. The van der Waals surface area contributed by atoms with Gasteiger partial charge in [0.05, 0.1) is 18.2 Å². The van der Waals surface area contributed by atoms with Gasteiger partial charge in [-0.25, -0.2) is 0 Å². The van der Waals surface area contributed by atoms with Crippen LogP contribution in [0, 0.1) is 0 Å². The van der Waals surface area contributed by atoms with E-state index in [0.29, 0.717) is 5.52 Å². The van der Waals surface area contributed by atoms with Crippen molar-refractivity contribution >= 4 is 10.9 Å². The minimum Gasteiger partial charge on any atom is -0.496 e. The number of aromatic nitrogens is 2. The normalized spacial score (nSPS) is 12.4. The average molecular weight is 444 g/mol. The fraction of sp³-hybridized carbons (Fsp3) is 0.333. The van der Waals surface area contributed by atoms with Gasteiger partial charge in [-0.2, -0.15) is 31.4 Å². The highest BCUT2D eigenvalue weighted by atomic mass is 19.4. The van der Waals surface area contributed by atoms with Crippen molar-refractivity contribution in [1.82, 2.24) is 9.78 Å². The zero-order valence-corrected chi connectivity index (χ0v) is 16.3. The number of hydrogen-bond acceptors (Lipinski definition) is 3. The molecule has 0 saturated heterocycles. The molecule has 0 spiro atoms. The topological polar surface area (TPSA) is 44.1 Å². The molecule has 10 heteroatoms. The molecule has 1 heterocycles. The van der Waals surface area contributed by atoms with Crippen LogP contribution in [-0.4, -0.2) is 23.1 Å². The molecule has 0 bridgehead atoms. The summed E-state index contributed by atoms with van der Waals surface area (Å²) in [5.74, 6) is 0.0245. The Balaban J connectivity index is 2.12. The maximum absolute atomic E-state index is 13.2. The standard InChI is InChI=1S/C21H18F6N2O2/c1-31-17-9-8-13(21(25,26)27)12-15(17)18-19(30)14-6-2-3-7-16(14)29(28-18)11-5-4-10-20(22,23)24/h2-3,6-9,12H,4-5,10-11H2,1H3. The van der Waals surface area contributed by atoms with Crippen molar-refractivity contribution in [3.05, 3.63) is 58.3 Å². The molecule has 1 aromatic heterocycles. The maximum Gasteiger partial charge on any atom is 0.416 e. The van der Waals surface area contributed by atoms with Crippen molar-refractivity contribution in [2.75, 3.05) is 7.11 Å². The molecule has 0 aliphatic carbocycles. The molecule has 0 N–H and O–H groups in total. The van der Waals surface area contributed by atoms with Crippen LogP contribution in [0.1, 0.15) is 24.8 Å². The molecule has 4 nitrogen and oxygen atoms in total. The summed E-state index contributed by atoms with van der Waals surface area (Å²) in [6.07, 6.45) is -9.91. The summed E-state index contributed by atoms with van der Waals surface area (Å²) in [6.45, 7) is 0.0607. The summed E-state index contributed by atoms with van der Waals surface area (Å²) < 4.78 is 83.4. The third-order valence-corrected chi connectivity index (χ3v) is 4.72. The molecule has 0 aliphatic rings. The first kappa shape index (κ1) is 22.6. The van der Waals surface area contributed by atoms with Gasteiger partial charge >= 0.3 is 12.4 Å². The smallest absolute Gasteiger partial charge is 0.416 e. The number of benzene rings is 2. The first-order valence-electron chi connectivity index (χ1n) is 9.33. The number of fused-ring (bicyclic) bond motifs is 1. The largest absolute Gasteiger partial charge is 0.496 e. The second-order valence-corrected chi connectivity index (χ2v) is 6.90. The van der Waals surface area contributed by atoms with E-state index in [1.165, 1.54) is 17.9 Å². The van der Waals surface area contributed by atoms with Gasteiger partial charge in [0, 0.05) is 23.9 Å².